The van der Waals surface area contributed by atoms with Gasteiger partial charge in [0.15, 0.2) is 11.5 Å². The molecule has 3 aromatic heterocycles. The fourth-order valence-corrected chi connectivity index (χ4v) is 3.68. The number of nitrogens with zero attached hydrogens (tertiary/aromatic N) is 5. The minimum atomic E-state index is -0.166. The summed E-state index contributed by atoms with van der Waals surface area (Å²) >= 11 is 0. The number of carbonyl (C=O) groups excluding carboxylic acids is 1. The zero-order valence-corrected chi connectivity index (χ0v) is 18.3. The molecule has 9 heteroatoms. The summed E-state index contributed by atoms with van der Waals surface area (Å²) in [7, 11) is 1.59. The average Bonchev–Trinajstić information content (AvgIpc) is 3.54. The molecule has 1 saturated heterocycles. The van der Waals surface area contributed by atoms with Gasteiger partial charge in [0, 0.05) is 31.1 Å². The number of aromatic amines is 1. The number of hydrogen-bond donors (Lipinski definition) is 2. The first-order chi connectivity index (χ1) is 15.7. The molecule has 1 fully saturated rings. The van der Waals surface area contributed by atoms with Gasteiger partial charge >= 0.3 is 0 Å². The number of rotatable bonds is 5. The number of anilines is 1. The number of H-pyrrole nitrogens is 1. The zero-order chi connectivity index (χ0) is 22.3. The predicted octanol–water partition coefficient (Wildman–Crippen LogP) is 3.34. The lowest BCUT2D eigenvalue weighted by Gasteiger charge is -2.15. The molecule has 1 amide bonds. The lowest BCUT2D eigenvalue weighted by molar-refractivity contribution is 0.0948. The van der Waals surface area contributed by atoms with Crippen LogP contribution in [0.5, 0.6) is 5.75 Å². The molecular weight excluding hydrogens is 406 g/mol. The number of carbonyl (C=O) groups is 1. The average molecular weight is 434 g/mol. The summed E-state index contributed by atoms with van der Waals surface area (Å²) < 4.78 is 5.30. The van der Waals surface area contributed by atoms with Gasteiger partial charge < -0.3 is 19.9 Å². The predicted molar refractivity (Wildman–Crippen MR) is 124 cm³/mol. The van der Waals surface area contributed by atoms with Gasteiger partial charge in [0.2, 0.25) is 0 Å². The molecule has 5 rings (SSSR count). The third-order valence-electron chi connectivity index (χ3n) is 5.27. The van der Waals surface area contributed by atoms with Crippen molar-refractivity contribution < 1.29 is 9.53 Å². The van der Waals surface area contributed by atoms with Crippen molar-refractivity contribution in [3.05, 3.63) is 48.7 Å². The highest BCUT2D eigenvalue weighted by Gasteiger charge is 2.17. The van der Waals surface area contributed by atoms with E-state index in [0.29, 0.717) is 18.0 Å². The lowest BCUT2D eigenvalue weighted by atomic mass is 10.1. The smallest absolute Gasteiger partial charge is 0.270 e. The fourth-order valence-electron chi connectivity index (χ4n) is 3.68. The van der Waals surface area contributed by atoms with E-state index in [-0.39, 0.29) is 5.91 Å². The van der Waals surface area contributed by atoms with Gasteiger partial charge in [-0.05, 0) is 31.4 Å². The maximum absolute atomic E-state index is 11.9. The quantitative estimate of drug-likeness (QED) is 0.497. The molecule has 2 N–H and O–H groups in total. The van der Waals surface area contributed by atoms with E-state index in [9.17, 15) is 4.79 Å². The molecule has 166 valence electrons. The van der Waals surface area contributed by atoms with Crippen LogP contribution in [-0.4, -0.2) is 57.6 Å². The Kier molecular flexibility index (Phi) is 6.74. The number of aromatic nitrogens is 5. The van der Waals surface area contributed by atoms with Crippen LogP contribution in [0.1, 0.15) is 36.7 Å². The standard InChI is InChI=1S/C14H16N2O2.C9H11N5/c1-3-8-15-14(17)12-9-13(18-2)10-6-4-5-7-11(10)16-12;1-2-4-14(3-1)9-7-8(11-5-10-7)12-6-13-9/h4-7,9H,3,8H2,1-2H3,(H,15,17);5-6H,1-4H2,(H,10,11,12,13). The molecule has 0 aliphatic carbocycles. The minimum Gasteiger partial charge on any atom is -0.496 e. The highest BCUT2D eigenvalue weighted by Crippen LogP contribution is 2.25. The Hall–Kier alpha value is -3.75. The van der Waals surface area contributed by atoms with E-state index in [2.05, 4.69) is 35.1 Å². The normalized spacial score (nSPS) is 13.1. The number of fused-ring (bicyclic) bond motifs is 2. The first kappa shape index (κ1) is 21.5. The van der Waals surface area contributed by atoms with Gasteiger partial charge in [-0.15, -0.1) is 0 Å². The van der Waals surface area contributed by atoms with Crippen LogP contribution in [0.2, 0.25) is 0 Å². The van der Waals surface area contributed by atoms with Crippen LogP contribution in [-0.2, 0) is 0 Å². The summed E-state index contributed by atoms with van der Waals surface area (Å²) in [6.45, 7) is 4.83. The van der Waals surface area contributed by atoms with Gasteiger partial charge in [-0.25, -0.2) is 19.9 Å². The SMILES string of the molecule is CCCNC(=O)c1cc(OC)c2ccccc2n1.c1nc(N2CCCC2)c2[nH]cnc2n1. The molecule has 0 atom stereocenters. The third kappa shape index (κ3) is 4.61. The molecule has 9 nitrogen and oxygen atoms in total. The maximum atomic E-state index is 11.9. The zero-order valence-electron chi connectivity index (χ0n) is 18.3. The molecule has 1 aliphatic rings. The largest absolute Gasteiger partial charge is 0.496 e. The van der Waals surface area contributed by atoms with Crippen molar-refractivity contribution in [2.75, 3.05) is 31.6 Å². The summed E-state index contributed by atoms with van der Waals surface area (Å²) in [5.74, 6) is 1.49. The molecule has 0 radical (unpaired) electrons. The Morgan fingerprint density at radius 2 is 2.00 bits per heavy atom. The molecule has 1 aliphatic heterocycles. The van der Waals surface area contributed by atoms with E-state index in [1.807, 2.05) is 31.2 Å². The topological polar surface area (TPSA) is 109 Å². The van der Waals surface area contributed by atoms with Gasteiger partial charge in [0.25, 0.3) is 5.91 Å². The summed E-state index contributed by atoms with van der Waals surface area (Å²) in [4.78, 5) is 34.1. The van der Waals surface area contributed by atoms with Crippen molar-refractivity contribution in [2.45, 2.75) is 26.2 Å². The Bertz CT molecular complexity index is 1200. The first-order valence-corrected chi connectivity index (χ1v) is 10.8. The third-order valence-corrected chi connectivity index (χ3v) is 5.27. The molecule has 4 heterocycles. The van der Waals surface area contributed by atoms with Gasteiger partial charge in [-0.2, -0.15) is 0 Å². The minimum absolute atomic E-state index is 0.166. The number of imidazole rings is 1. The number of benzene rings is 1. The monoisotopic (exact) mass is 433 g/mol. The van der Waals surface area contributed by atoms with E-state index in [0.717, 1.165) is 47.4 Å². The summed E-state index contributed by atoms with van der Waals surface area (Å²) in [5.41, 5.74) is 2.86. The molecular formula is C23H27N7O2. The summed E-state index contributed by atoms with van der Waals surface area (Å²) in [6, 6.07) is 9.28. The maximum Gasteiger partial charge on any atom is 0.270 e. The molecule has 0 unspecified atom stereocenters. The van der Waals surface area contributed by atoms with E-state index >= 15 is 0 Å². The Morgan fingerprint density at radius 3 is 2.78 bits per heavy atom. The van der Waals surface area contributed by atoms with Gasteiger partial charge in [-0.3, -0.25) is 4.79 Å². The number of pyridine rings is 1. The van der Waals surface area contributed by atoms with Crippen molar-refractivity contribution in [3.8, 4) is 5.75 Å². The fraction of sp³-hybridized carbons (Fsp3) is 0.348. The van der Waals surface area contributed by atoms with Crippen molar-refractivity contribution in [1.82, 2.24) is 30.2 Å². The molecule has 32 heavy (non-hydrogen) atoms. The van der Waals surface area contributed by atoms with Crippen LogP contribution < -0.4 is 15.0 Å². The number of ether oxygens (including phenoxy) is 1. The van der Waals surface area contributed by atoms with Crippen LogP contribution in [0.3, 0.4) is 0 Å². The molecule has 0 bridgehead atoms. The van der Waals surface area contributed by atoms with Crippen molar-refractivity contribution in [2.24, 2.45) is 0 Å². The summed E-state index contributed by atoms with van der Waals surface area (Å²) in [6.07, 6.45) is 6.64. The van der Waals surface area contributed by atoms with E-state index in [4.69, 9.17) is 4.74 Å². The molecule has 0 saturated carbocycles. The lowest BCUT2D eigenvalue weighted by Crippen LogP contribution is -2.25. The van der Waals surface area contributed by atoms with Crippen LogP contribution >= 0.6 is 0 Å². The summed E-state index contributed by atoms with van der Waals surface area (Å²) in [5, 5.41) is 3.72. The van der Waals surface area contributed by atoms with Crippen molar-refractivity contribution >= 4 is 33.8 Å². The molecule has 4 aromatic rings. The Labute approximate surface area is 186 Å². The second kappa shape index (κ2) is 10.0. The highest BCUT2D eigenvalue weighted by molar-refractivity contribution is 5.97. The van der Waals surface area contributed by atoms with E-state index in [1.54, 1.807) is 25.8 Å². The highest BCUT2D eigenvalue weighted by atomic mass is 16.5. The Balaban J connectivity index is 0.000000157. The second-order valence-electron chi connectivity index (χ2n) is 7.48. The second-order valence-corrected chi connectivity index (χ2v) is 7.48. The van der Waals surface area contributed by atoms with Crippen LogP contribution in [0.15, 0.2) is 43.0 Å². The number of methoxy groups -OCH3 is 1. The number of nitrogens with one attached hydrogen (secondary N) is 2. The van der Waals surface area contributed by atoms with Crippen LogP contribution in [0.25, 0.3) is 22.1 Å². The van der Waals surface area contributed by atoms with Gasteiger partial charge in [-0.1, -0.05) is 19.1 Å². The van der Waals surface area contributed by atoms with Crippen LogP contribution in [0.4, 0.5) is 5.82 Å². The van der Waals surface area contributed by atoms with Crippen molar-refractivity contribution in [3.63, 3.8) is 0 Å². The first-order valence-electron chi connectivity index (χ1n) is 10.8. The van der Waals surface area contributed by atoms with Gasteiger partial charge in [0.1, 0.15) is 23.3 Å². The van der Waals surface area contributed by atoms with Gasteiger partial charge in [0.05, 0.1) is 19.0 Å². The number of hydrogen-bond acceptors (Lipinski definition) is 7. The van der Waals surface area contributed by atoms with E-state index in [1.165, 1.54) is 12.8 Å². The van der Waals surface area contributed by atoms with Crippen molar-refractivity contribution in [1.29, 1.82) is 0 Å². The number of para-hydroxylation sites is 1. The van der Waals surface area contributed by atoms with E-state index < -0.39 is 0 Å². The molecule has 0 spiro atoms. The molecule has 1 aromatic carbocycles. The number of amides is 1. The Morgan fingerprint density at radius 1 is 1.19 bits per heavy atom. The van der Waals surface area contributed by atoms with Crippen LogP contribution in [0, 0.1) is 0 Å².